The summed E-state index contributed by atoms with van der Waals surface area (Å²) in [6, 6.07) is 3.61. The lowest BCUT2D eigenvalue weighted by Gasteiger charge is -2.40. The van der Waals surface area contributed by atoms with E-state index in [0.29, 0.717) is 37.9 Å². The number of carbonyl (C=O) groups is 2. The van der Waals surface area contributed by atoms with Crippen LogP contribution < -0.4 is 4.74 Å². The summed E-state index contributed by atoms with van der Waals surface area (Å²) in [6.07, 6.45) is 6.60. The van der Waals surface area contributed by atoms with E-state index in [1.54, 1.807) is 27.0 Å². The van der Waals surface area contributed by atoms with Gasteiger partial charge >= 0.3 is 0 Å². The Hall–Kier alpha value is -2.14. The monoisotopic (exact) mass is 458 g/mol. The lowest BCUT2D eigenvalue weighted by Crippen LogP contribution is -2.41. The van der Waals surface area contributed by atoms with E-state index in [4.69, 9.17) is 4.74 Å². The number of benzene rings is 1. The standard InChI is InChI=1S/C28H42O5/c1-19(9-10-21-17-23(33-7)16-20(2)25(21)31)15-22(29)18-27(5)12-8-13-28(27,6)24(30)11-14-26(3,4)32/h9,16-17,31-32H,8,10-15,18H2,1-7H3/t27-,28+/m0/s1. The van der Waals surface area contributed by atoms with Crippen molar-refractivity contribution in [3.05, 3.63) is 34.9 Å². The van der Waals surface area contributed by atoms with Gasteiger partial charge in [-0.1, -0.05) is 31.9 Å². The number of methoxy groups -OCH3 is 1. The van der Waals surface area contributed by atoms with Gasteiger partial charge in [0.2, 0.25) is 0 Å². The molecule has 2 rings (SSSR count). The highest BCUT2D eigenvalue weighted by Crippen LogP contribution is 2.56. The minimum absolute atomic E-state index is 0.140. The number of allylic oxidation sites excluding steroid dienone is 2. The largest absolute Gasteiger partial charge is 0.507 e. The van der Waals surface area contributed by atoms with Crippen molar-refractivity contribution in [1.29, 1.82) is 0 Å². The maximum Gasteiger partial charge on any atom is 0.139 e. The summed E-state index contributed by atoms with van der Waals surface area (Å²) in [5.74, 6) is 1.25. The summed E-state index contributed by atoms with van der Waals surface area (Å²) in [5.41, 5.74) is 0.727. The number of ether oxygens (including phenoxy) is 1. The predicted octanol–water partition coefficient (Wildman–Crippen LogP) is 5.86. The fourth-order valence-corrected chi connectivity index (χ4v) is 5.12. The van der Waals surface area contributed by atoms with Crippen LogP contribution in [0.3, 0.4) is 0 Å². The first kappa shape index (κ1) is 27.1. The third kappa shape index (κ3) is 6.69. The van der Waals surface area contributed by atoms with E-state index in [2.05, 4.69) is 6.92 Å². The topological polar surface area (TPSA) is 83.8 Å². The van der Waals surface area contributed by atoms with Crippen molar-refractivity contribution in [2.45, 2.75) is 98.5 Å². The Bertz CT molecular complexity index is 908. The van der Waals surface area contributed by atoms with Crippen molar-refractivity contribution >= 4 is 11.6 Å². The second kappa shape index (κ2) is 10.4. The van der Waals surface area contributed by atoms with E-state index in [-0.39, 0.29) is 22.7 Å². The first-order valence-electron chi connectivity index (χ1n) is 12.0. The van der Waals surface area contributed by atoms with Crippen LogP contribution in [0.1, 0.15) is 90.7 Å². The molecule has 0 amide bonds. The van der Waals surface area contributed by atoms with Crippen LogP contribution in [-0.2, 0) is 16.0 Å². The number of aromatic hydroxyl groups is 1. The molecule has 184 valence electrons. The average Bonchev–Trinajstić information content (AvgIpc) is 3.01. The Morgan fingerprint density at radius 1 is 1.21 bits per heavy atom. The number of aryl methyl sites for hydroxylation is 1. The van der Waals surface area contributed by atoms with Crippen molar-refractivity contribution in [2.24, 2.45) is 10.8 Å². The van der Waals surface area contributed by atoms with E-state index >= 15 is 0 Å². The summed E-state index contributed by atoms with van der Waals surface area (Å²) < 4.78 is 5.29. The first-order chi connectivity index (χ1) is 15.2. The summed E-state index contributed by atoms with van der Waals surface area (Å²) in [6.45, 7) is 11.3. The Morgan fingerprint density at radius 2 is 1.88 bits per heavy atom. The van der Waals surface area contributed by atoms with Gasteiger partial charge in [-0.2, -0.15) is 0 Å². The summed E-state index contributed by atoms with van der Waals surface area (Å²) in [4.78, 5) is 26.1. The molecule has 1 aliphatic rings. The van der Waals surface area contributed by atoms with Gasteiger partial charge in [-0.05, 0) is 76.5 Å². The highest BCUT2D eigenvalue weighted by Gasteiger charge is 2.53. The zero-order chi connectivity index (χ0) is 25.0. The Kier molecular flexibility index (Phi) is 8.56. The number of rotatable bonds is 11. The average molecular weight is 459 g/mol. The van der Waals surface area contributed by atoms with Crippen LogP contribution in [0.2, 0.25) is 0 Å². The smallest absolute Gasteiger partial charge is 0.139 e. The molecule has 1 aromatic carbocycles. The third-order valence-corrected chi connectivity index (χ3v) is 7.64. The molecule has 2 atom stereocenters. The van der Waals surface area contributed by atoms with Crippen molar-refractivity contribution < 1.29 is 24.5 Å². The molecule has 5 nitrogen and oxygen atoms in total. The van der Waals surface area contributed by atoms with Crippen LogP contribution in [0.25, 0.3) is 0 Å². The molecule has 0 unspecified atom stereocenters. The van der Waals surface area contributed by atoms with Crippen molar-refractivity contribution in [3.63, 3.8) is 0 Å². The minimum atomic E-state index is -0.867. The predicted molar refractivity (Wildman–Crippen MR) is 132 cm³/mol. The van der Waals surface area contributed by atoms with Gasteiger partial charge in [-0.3, -0.25) is 9.59 Å². The minimum Gasteiger partial charge on any atom is -0.507 e. The fraction of sp³-hybridized carbons (Fsp3) is 0.643. The number of phenols is 1. The summed E-state index contributed by atoms with van der Waals surface area (Å²) in [5, 5.41) is 20.4. The van der Waals surface area contributed by atoms with Gasteiger partial charge in [0.15, 0.2) is 0 Å². The fourth-order valence-electron chi connectivity index (χ4n) is 5.12. The number of carbonyl (C=O) groups excluding carboxylic acids is 2. The van der Waals surface area contributed by atoms with E-state index in [9.17, 15) is 19.8 Å². The van der Waals surface area contributed by atoms with Crippen LogP contribution in [-0.4, -0.2) is 34.5 Å². The first-order valence-corrected chi connectivity index (χ1v) is 12.0. The van der Waals surface area contributed by atoms with Crippen molar-refractivity contribution in [1.82, 2.24) is 0 Å². The second-order valence-corrected chi connectivity index (χ2v) is 11.1. The molecule has 5 heteroatoms. The molecule has 0 aromatic heterocycles. The van der Waals surface area contributed by atoms with Crippen LogP contribution in [0.4, 0.5) is 0 Å². The molecule has 0 radical (unpaired) electrons. The Balaban J connectivity index is 2.05. The normalized spacial score (nSPS) is 23.6. The second-order valence-electron chi connectivity index (χ2n) is 11.1. The van der Waals surface area contributed by atoms with E-state index < -0.39 is 11.0 Å². The van der Waals surface area contributed by atoms with Crippen molar-refractivity contribution in [2.75, 3.05) is 7.11 Å². The number of aliphatic hydroxyl groups is 1. The van der Waals surface area contributed by atoms with E-state index in [0.717, 1.165) is 36.0 Å². The highest BCUT2D eigenvalue weighted by atomic mass is 16.5. The third-order valence-electron chi connectivity index (χ3n) is 7.64. The zero-order valence-electron chi connectivity index (χ0n) is 21.5. The Morgan fingerprint density at radius 3 is 2.48 bits per heavy atom. The molecular formula is C28H42O5. The van der Waals surface area contributed by atoms with Gasteiger partial charge in [0.05, 0.1) is 12.7 Å². The number of hydrogen-bond donors (Lipinski definition) is 2. The van der Waals surface area contributed by atoms with Crippen LogP contribution in [0.15, 0.2) is 23.8 Å². The number of phenolic OH excluding ortho intramolecular Hbond substituents is 1. The maximum atomic E-state index is 13.1. The van der Waals surface area contributed by atoms with Gasteiger partial charge in [0, 0.05) is 30.2 Å². The van der Waals surface area contributed by atoms with Crippen LogP contribution in [0.5, 0.6) is 11.5 Å². The number of ketones is 2. The van der Waals surface area contributed by atoms with Crippen molar-refractivity contribution in [3.8, 4) is 11.5 Å². The highest BCUT2D eigenvalue weighted by molar-refractivity contribution is 5.88. The van der Waals surface area contributed by atoms with Crippen LogP contribution >= 0.6 is 0 Å². The van der Waals surface area contributed by atoms with Crippen LogP contribution in [0, 0.1) is 17.8 Å². The molecule has 33 heavy (non-hydrogen) atoms. The zero-order valence-corrected chi connectivity index (χ0v) is 21.5. The number of Topliss-reactive ketones (excluding diaryl/α,β-unsaturated/α-hetero) is 2. The molecule has 1 aromatic rings. The molecule has 0 aliphatic heterocycles. The SMILES string of the molecule is COc1cc(C)c(O)c(CC=C(C)CC(=O)C[C@]2(C)CCC[C@]2(C)C(=O)CCC(C)(C)O)c1. The molecule has 2 N–H and O–H groups in total. The van der Waals surface area contributed by atoms with Gasteiger partial charge in [-0.25, -0.2) is 0 Å². The molecule has 1 aliphatic carbocycles. The Labute approximate surface area is 199 Å². The molecule has 1 fully saturated rings. The summed E-state index contributed by atoms with van der Waals surface area (Å²) in [7, 11) is 1.60. The quantitative estimate of drug-likeness (QED) is 0.406. The molecule has 0 spiro atoms. The van der Waals surface area contributed by atoms with Gasteiger partial charge in [0.25, 0.3) is 0 Å². The van der Waals surface area contributed by atoms with Gasteiger partial charge < -0.3 is 14.9 Å². The van der Waals surface area contributed by atoms with E-state index in [1.807, 2.05) is 32.9 Å². The maximum absolute atomic E-state index is 13.1. The summed E-state index contributed by atoms with van der Waals surface area (Å²) >= 11 is 0. The molecule has 0 heterocycles. The molecular weight excluding hydrogens is 416 g/mol. The molecule has 1 saturated carbocycles. The van der Waals surface area contributed by atoms with E-state index in [1.165, 1.54) is 0 Å². The van der Waals surface area contributed by atoms with Gasteiger partial charge in [-0.15, -0.1) is 0 Å². The molecule has 0 bridgehead atoms. The lowest BCUT2D eigenvalue weighted by atomic mass is 9.62. The number of hydrogen-bond acceptors (Lipinski definition) is 5. The van der Waals surface area contributed by atoms with Gasteiger partial charge in [0.1, 0.15) is 23.1 Å². The molecule has 0 saturated heterocycles. The lowest BCUT2D eigenvalue weighted by molar-refractivity contribution is -0.136.